The van der Waals surface area contributed by atoms with Gasteiger partial charge in [-0.25, -0.2) is 24.1 Å². The number of hydrogen-bond acceptors (Lipinski definition) is 12. The van der Waals surface area contributed by atoms with E-state index in [2.05, 4.69) is 4.74 Å². The number of aliphatic carboxylic acids is 2. The van der Waals surface area contributed by atoms with Gasteiger partial charge >= 0.3 is 24.1 Å². The molecule has 1 unspecified atom stereocenters. The Labute approximate surface area is 284 Å². The number of amides is 5. The fourth-order valence-electron chi connectivity index (χ4n) is 4.64. The number of alkyl halides is 3. The van der Waals surface area contributed by atoms with E-state index in [4.69, 9.17) is 50.0 Å². The van der Waals surface area contributed by atoms with Crippen LogP contribution in [0, 0.1) is 0 Å². The van der Waals surface area contributed by atoms with E-state index in [0.29, 0.717) is 9.78 Å². The predicted molar refractivity (Wildman–Crippen MR) is 163 cm³/mol. The summed E-state index contributed by atoms with van der Waals surface area (Å²) in [4.78, 5) is 90.3. The van der Waals surface area contributed by atoms with E-state index < -0.39 is 88.1 Å². The zero-order valence-electron chi connectivity index (χ0n) is 23.7. The average molecular weight is 746 g/mol. The van der Waals surface area contributed by atoms with Gasteiger partial charge in [-0.2, -0.15) is 0 Å². The van der Waals surface area contributed by atoms with Crippen molar-refractivity contribution < 1.29 is 58.0 Å². The summed E-state index contributed by atoms with van der Waals surface area (Å²) in [5.74, 6) is -6.46. The van der Waals surface area contributed by atoms with E-state index >= 15 is 0 Å². The molecule has 0 bridgehead atoms. The summed E-state index contributed by atoms with van der Waals surface area (Å²) in [5.41, 5.74) is 2.25. The molecule has 0 aromatic carbocycles. The summed E-state index contributed by atoms with van der Waals surface area (Å²) in [6.45, 7) is -0.518. The summed E-state index contributed by atoms with van der Waals surface area (Å²) in [6.07, 6.45) is -3.83. The van der Waals surface area contributed by atoms with Crippen molar-refractivity contribution in [3.05, 3.63) is 33.7 Å². The number of halogens is 3. The van der Waals surface area contributed by atoms with Crippen molar-refractivity contribution in [1.82, 2.24) is 15.1 Å². The third kappa shape index (κ3) is 8.16. The number of primary amides is 1. The highest BCUT2D eigenvalue weighted by molar-refractivity contribution is 8.00. The van der Waals surface area contributed by atoms with E-state index in [1.807, 2.05) is 5.32 Å². The van der Waals surface area contributed by atoms with E-state index in [0.717, 1.165) is 23.8 Å². The number of nitrogens with one attached hydrogen (secondary N) is 1. The summed E-state index contributed by atoms with van der Waals surface area (Å²) in [5, 5.41) is 22.0. The summed E-state index contributed by atoms with van der Waals surface area (Å²) in [7, 11) is 1.08. The van der Waals surface area contributed by atoms with Gasteiger partial charge in [-0.15, -0.1) is 34.7 Å². The van der Waals surface area contributed by atoms with Crippen molar-refractivity contribution in [3.63, 3.8) is 0 Å². The molecule has 0 spiro atoms. The van der Waals surface area contributed by atoms with Crippen LogP contribution in [0.5, 0.6) is 0 Å². The Morgan fingerprint density at radius 3 is 2.48 bits per heavy atom. The zero-order chi connectivity index (χ0) is 34.4. The third-order valence-corrected chi connectivity index (χ3v) is 9.90. The van der Waals surface area contributed by atoms with E-state index in [-0.39, 0.29) is 30.6 Å². The van der Waals surface area contributed by atoms with E-state index in [1.165, 1.54) is 11.3 Å². The monoisotopic (exact) mass is 744 g/mol. The topological polar surface area (TPSA) is 232 Å². The molecule has 1 aromatic heterocycles. The largest absolute Gasteiger partial charge is 0.480 e. The van der Waals surface area contributed by atoms with Crippen LogP contribution in [0.15, 0.2) is 28.8 Å². The highest BCUT2D eigenvalue weighted by atomic mass is 35.5. The highest BCUT2D eigenvalue weighted by Crippen LogP contribution is 2.50. The van der Waals surface area contributed by atoms with Gasteiger partial charge in [0.15, 0.2) is 0 Å². The maximum Gasteiger partial charge on any atom is 0.410 e. The van der Waals surface area contributed by atoms with E-state index in [1.54, 1.807) is 17.5 Å². The van der Waals surface area contributed by atoms with Gasteiger partial charge in [-0.3, -0.25) is 19.3 Å². The Hall–Kier alpha value is -3.29. The first-order valence-corrected chi connectivity index (χ1v) is 16.2. The van der Waals surface area contributed by atoms with Gasteiger partial charge in [0.25, 0.3) is 16.2 Å². The first-order valence-electron chi connectivity index (χ1n) is 13.0. The molecule has 1 fully saturated rings. The van der Waals surface area contributed by atoms with Crippen molar-refractivity contribution >= 4 is 99.7 Å². The molecule has 2 aliphatic rings. The van der Waals surface area contributed by atoms with Crippen molar-refractivity contribution in [3.8, 4) is 0 Å². The number of nitrogens with two attached hydrogens (primary N) is 1. The lowest BCUT2D eigenvalue weighted by Gasteiger charge is -2.58. The molecule has 46 heavy (non-hydrogen) atoms. The Morgan fingerprint density at radius 2 is 1.93 bits per heavy atom. The number of carbonyl (C=O) groups is 7. The van der Waals surface area contributed by atoms with Crippen LogP contribution >= 0.6 is 57.9 Å². The molecule has 3 rings (SSSR count). The molecule has 3 atom stereocenters. The Bertz CT molecular complexity index is 1430. The van der Waals surface area contributed by atoms with Gasteiger partial charge in [0.2, 0.25) is 11.8 Å². The van der Waals surface area contributed by atoms with Crippen molar-refractivity contribution in [2.24, 2.45) is 5.73 Å². The number of β-lactam (4-membered cyclic amide) rings is 1. The molecular formula is C25H27Cl3N4O12S2. The number of hydrogen-bond donors (Lipinski definition) is 4. The molecule has 0 saturated carbocycles. The lowest BCUT2D eigenvalue weighted by atomic mass is 9.94. The fourth-order valence-corrected chi connectivity index (χ4v) is 6.99. The van der Waals surface area contributed by atoms with Crippen LogP contribution in [0.3, 0.4) is 0 Å². The van der Waals surface area contributed by atoms with Gasteiger partial charge in [0, 0.05) is 29.7 Å². The van der Waals surface area contributed by atoms with Crippen molar-refractivity contribution in [2.75, 3.05) is 25.3 Å². The lowest BCUT2D eigenvalue weighted by molar-refractivity contribution is -0.223. The number of alkyl carbamates (subject to hydrolysis) is 1. The summed E-state index contributed by atoms with van der Waals surface area (Å²) >= 11 is 19.0. The summed E-state index contributed by atoms with van der Waals surface area (Å²) < 4.78 is 12.8. The molecule has 21 heteroatoms. The van der Waals surface area contributed by atoms with Gasteiger partial charge in [0.05, 0.1) is 12.3 Å². The van der Waals surface area contributed by atoms with Crippen LogP contribution < -0.4 is 11.1 Å². The number of ether oxygens (including phenoxy) is 3. The molecule has 0 aliphatic carbocycles. The number of carboxylic acid groups (broad SMARTS) is 2. The second-order valence-electron chi connectivity index (χ2n) is 9.57. The van der Waals surface area contributed by atoms with Crippen molar-refractivity contribution in [2.45, 2.75) is 47.3 Å². The molecule has 1 aromatic rings. The molecule has 5 amide bonds. The number of thioether (sulfide) groups is 1. The number of carboxylic acids is 2. The number of carbonyl (C=O) groups excluding carboxylic acids is 5. The van der Waals surface area contributed by atoms with Gasteiger partial charge < -0.3 is 35.5 Å². The minimum absolute atomic E-state index is 0.0470. The van der Waals surface area contributed by atoms with Crippen LogP contribution in [0.1, 0.15) is 24.1 Å². The lowest BCUT2D eigenvalue weighted by Crippen LogP contribution is -2.82. The Morgan fingerprint density at radius 1 is 1.24 bits per heavy atom. The minimum atomic E-state index is -2.27. The quantitative estimate of drug-likeness (QED) is 0.115. The number of methoxy groups -OCH3 is 1. The maximum atomic E-state index is 13.8. The second-order valence-corrected chi connectivity index (χ2v) is 13.4. The van der Waals surface area contributed by atoms with Crippen LogP contribution in [-0.4, -0.2) is 109 Å². The molecule has 16 nitrogen and oxygen atoms in total. The zero-order valence-corrected chi connectivity index (χ0v) is 27.6. The third-order valence-electron chi connectivity index (χ3n) is 6.60. The van der Waals surface area contributed by atoms with Crippen LogP contribution in [-0.2, 0) is 44.6 Å². The standard InChI is InChI=1S/C25H27Cl3N4O12S2/c1-42-25(20(39)31-17(19(37)38)12(9-43-22(29)40)10-46-21(25)31)32(16(34)8-13-4-3-7-45-13)15(33)6-2-5-14(18(35)36)30-23(41)44-24(27,28)11-26/h3-4,7,14,21H,2,5-6,8-11H2,1H3,(H2,29,40)(H,30,41)(H,35,36)(H,37,38)/t14?,21-,25+/m1/s1. The molecule has 1 saturated heterocycles. The van der Waals surface area contributed by atoms with Gasteiger partial charge in [-0.05, 0) is 24.3 Å². The number of fused-ring (bicyclic) bond motifs is 1. The number of imide groups is 1. The van der Waals surface area contributed by atoms with Crippen LogP contribution in [0.4, 0.5) is 9.59 Å². The van der Waals surface area contributed by atoms with Crippen molar-refractivity contribution in [1.29, 1.82) is 0 Å². The molecule has 252 valence electrons. The minimum Gasteiger partial charge on any atom is -0.480 e. The molecule has 3 heterocycles. The van der Waals surface area contributed by atoms with Crippen LogP contribution in [0.2, 0.25) is 0 Å². The normalized spacial score (nSPS) is 19.8. The average Bonchev–Trinajstić information content (AvgIpc) is 3.49. The Kier molecular flexibility index (Phi) is 12.6. The number of thiophene rings is 1. The predicted octanol–water partition coefficient (Wildman–Crippen LogP) is 2.06. The van der Waals surface area contributed by atoms with Gasteiger partial charge in [-0.1, -0.05) is 29.3 Å². The maximum absolute atomic E-state index is 13.8. The molecular weight excluding hydrogens is 719 g/mol. The SMILES string of the molecule is CO[C@@]1(N(C(=O)CCCC(NC(=O)OC(Cl)(Cl)CCl)C(=O)O)C(=O)Cc2cccs2)C(=O)N2C(C(=O)O)=C(COC(N)=O)CS[C@@H]21. The molecule has 2 aliphatic heterocycles. The summed E-state index contributed by atoms with van der Waals surface area (Å²) in [6, 6.07) is 1.73. The first kappa shape index (κ1) is 37.2. The first-order chi connectivity index (χ1) is 21.6. The van der Waals surface area contributed by atoms with E-state index in [9.17, 15) is 43.8 Å². The number of rotatable bonds is 15. The van der Waals surface area contributed by atoms with Gasteiger partial charge in [0.1, 0.15) is 23.7 Å². The highest BCUT2D eigenvalue weighted by Gasteiger charge is 2.71. The smallest absolute Gasteiger partial charge is 0.410 e. The molecule has 5 N–H and O–H groups in total. The Balaban J connectivity index is 1.87. The van der Waals surface area contributed by atoms with Crippen LogP contribution in [0.25, 0.3) is 0 Å². The molecule has 0 radical (unpaired) electrons. The fraction of sp³-hybridized carbons (Fsp3) is 0.480. The number of nitrogens with zero attached hydrogens (tertiary/aromatic N) is 2. The second kappa shape index (κ2) is 15.5.